The van der Waals surface area contributed by atoms with Crippen LogP contribution in [0.3, 0.4) is 0 Å². The third-order valence-corrected chi connectivity index (χ3v) is 4.21. The van der Waals surface area contributed by atoms with Crippen LogP contribution in [-0.2, 0) is 0 Å². The highest BCUT2D eigenvalue weighted by Crippen LogP contribution is 2.23. The molecule has 4 heteroatoms. The first kappa shape index (κ1) is 15.3. The van der Waals surface area contributed by atoms with E-state index in [0.29, 0.717) is 12.5 Å². The van der Waals surface area contributed by atoms with Crippen molar-refractivity contribution in [3.8, 4) is 0 Å². The molecule has 106 valence electrons. The molecule has 4 nitrogen and oxygen atoms in total. The van der Waals surface area contributed by atoms with Gasteiger partial charge in [-0.15, -0.1) is 0 Å². The summed E-state index contributed by atoms with van der Waals surface area (Å²) in [6.07, 6.45) is 5.98. The Kier molecular flexibility index (Phi) is 5.93. The van der Waals surface area contributed by atoms with E-state index in [4.69, 9.17) is 5.11 Å². The molecule has 3 N–H and O–H groups in total. The lowest BCUT2D eigenvalue weighted by Gasteiger charge is -2.32. The molecule has 0 aliphatic heterocycles. The van der Waals surface area contributed by atoms with E-state index < -0.39 is 0 Å². The van der Waals surface area contributed by atoms with Gasteiger partial charge < -0.3 is 15.7 Å². The largest absolute Gasteiger partial charge is 0.396 e. The zero-order valence-corrected chi connectivity index (χ0v) is 12.0. The number of rotatable bonds is 5. The topological polar surface area (TPSA) is 61.4 Å². The summed E-state index contributed by atoms with van der Waals surface area (Å²) in [6, 6.07) is 0.226. The van der Waals surface area contributed by atoms with Gasteiger partial charge in [0.1, 0.15) is 0 Å². The predicted octanol–water partition coefficient (Wildman–Crippen LogP) is 2.42. The Hall–Kier alpha value is -0.770. The van der Waals surface area contributed by atoms with Crippen molar-refractivity contribution in [2.75, 3.05) is 6.61 Å². The number of hydrogen-bond donors (Lipinski definition) is 3. The van der Waals surface area contributed by atoms with Crippen LogP contribution in [0.25, 0.3) is 0 Å². The molecule has 2 amide bonds. The molecule has 0 saturated heterocycles. The maximum absolute atomic E-state index is 11.9. The summed E-state index contributed by atoms with van der Waals surface area (Å²) < 4.78 is 0. The molecule has 1 aliphatic rings. The number of carbonyl (C=O) groups excluding carboxylic acids is 1. The zero-order chi connectivity index (χ0) is 13.6. The molecule has 0 spiro atoms. The summed E-state index contributed by atoms with van der Waals surface area (Å²) >= 11 is 0. The lowest BCUT2D eigenvalue weighted by Crippen LogP contribution is -2.53. The summed E-state index contributed by atoms with van der Waals surface area (Å²) in [5, 5.41) is 15.1. The summed E-state index contributed by atoms with van der Waals surface area (Å²) in [5.74, 6) is 0.793. The molecule has 1 rings (SSSR count). The van der Waals surface area contributed by atoms with Crippen LogP contribution in [0.4, 0.5) is 4.79 Å². The van der Waals surface area contributed by atoms with E-state index >= 15 is 0 Å². The minimum absolute atomic E-state index is 0.0904. The van der Waals surface area contributed by atoms with Gasteiger partial charge in [-0.2, -0.15) is 0 Å². The zero-order valence-electron chi connectivity index (χ0n) is 12.0. The fraction of sp³-hybridized carbons (Fsp3) is 0.929. The van der Waals surface area contributed by atoms with Crippen LogP contribution in [0.2, 0.25) is 0 Å². The lowest BCUT2D eigenvalue weighted by atomic mass is 9.87. The van der Waals surface area contributed by atoms with Crippen LogP contribution >= 0.6 is 0 Å². The summed E-state index contributed by atoms with van der Waals surface area (Å²) in [6.45, 7) is 6.38. The molecule has 0 aromatic carbocycles. The van der Waals surface area contributed by atoms with E-state index in [1.54, 1.807) is 0 Å². The number of amides is 2. The Labute approximate surface area is 111 Å². The van der Waals surface area contributed by atoms with Crippen LogP contribution in [0.5, 0.6) is 0 Å². The fourth-order valence-electron chi connectivity index (χ4n) is 2.47. The monoisotopic (exact) mass is 256 g/mol. The summed E-state index contributed by atoms with van der Waals surface area (Å²) in [7, 11) is 0. The molecule has 0 bridgehead atoms. The molecule has 0 aromatic heterocycles. The van der Waals surface area contributed by atoms with Crippen molar-refractivity contribution in [2.24, 2.45) is 5.92 Å². The highest BCUT2D eigenvalue weighted by atomic mass is 16.3. The number of hydrogen-bond acceptors (Lipinski definition) is 2. The van der Waals surface area contributed by atoms with E-state index in [1.165, 1.54) is 12.8 Å². The number of aliphatic hydroxyl groups excluding tert-OH is 1. The van der Waals surface area contributed by atoms with Crippen LogP contribution in [0, 0.1) is 5.92 Å². The second-order valence-corrected chi connectivity index (χ2v) is 5.94. The van der Waals surface area contributed by atoms with E-state index in [-0.39, 0.29) is 18.2 Å². The number of urea groups is 1. The third kappa shape index (κ3) is 4.84. The van der Waals surface area contributed by atoms with Gasteiger partial charge in [0.25, 0.3) is 0 Å². The molecule has 0 radical (unpaired) electrons. The van der Waals surface area contributed by atoms with Gasteiger partial charge in [-0.05, 0) is 51.4 Å². The maximum atomic E-state index is 11.9. The van der Waals surface area contributed by atoms with Crippen LogP contribution in [0.15, 0.2) is 0 Å². The average molecular weight is 256 g/mol. The van der Waals surface area contributed by atoms with Crippen molar-refractivity contribution < 1.29 is 9.90 Å². The Balaban J connectivity index is 2.36. The van der Waals surface area contributed by atoms with Gasteiger partial charge in [0.05, 0.1) is 0 Å². The minimum Gasteiger partial charge on any atom is -0.396 e. The molecule has 0 heterocycles. The molecule has 0 aromatic rings. The fourth-order valence-corrected chi connectivity index (χ4v) is 2.47. The molecular weight excluding hydrogens is 228 g/mol. The van der Waals surface area contributed by atoms with Gasteiger partial charge >= 0.3 is 6.03 Å². The van der Waals surface area contributed by atoms with Crippen molar-refractivity contribution in [3.05, 3.63) is 0 Å². The van der Waals surface area contributed by atoms with E-state index in [1.807, 2.05) is 13.8 Å². The van der Waals surface area contributed by atoms with Crippen LogP contribution in [-0.4, -0.2) is 29.3 Å². The predicted molar refractivity (Wildman–Crippen MR) is 73.5 cm³/mol. The average Bonchev–Trinajstić information content (AvgIpc) is 2.32. The van der Waals surface area contributed by atoms with Gasteiger partial charge in [0.2, 0.25) is 0 Å². The molecule has 1 aliphatic carbocycles. The molecular formula is C14H28N2O2. The first-order valence-corrected chi connectivity index (χ1v) is 7.18. The van der Waals surface area contributed by atoms with Crippen molar-refractivity contribution in [1.29, 1.82) is 0 Å². The quantitative estimate of drug-likeness (QED) is 0.707. The van der Waals surface area contributed by atoms with Crippen molar-refractivity contribution in [1.82, 2.24) is 10.6 Å². The molecule has 1 fully saturated rings. The molecule has 1 saturated carbocycles. The standard InChI is InChI=1S/C14H28N2O2/c1-4-14(3,9-10-17)16-13(18)15-12-7-5-11(2)6-8-12/h11-12,17H,4-10H2,1-3H3,(H2,15,16,18). The Morgan fingerprint density at radius 1 is 1.33 bits per heavy atom. The van der Waals surface area contributed by atoms with E-state index in [2.05, 4.69) is 17.6 Å². The Morgan fingerprint density at radius 2 is 1.94 bits per heavy atom. The third-order valence-electron chi connectivity index (χ3n) is 4.21. The maximum Gasteiger partial charge on any atom is 0.315 e. The van der Waals surface area contributed by atoms with Gasteiger partial charge in [-0.25, -0.2) is 4.79 Å². The normalized spacial score (nSPS) is 27.3. The van der Waals surface area contributed by atoms with Crippen molar-refractivity contribution in [2.45, 2.75) is 70.9 Å². The number of aliphatic hydroxyl groups is 1. The molecule has 18 heavy (non-hydrogen) atoms. The Bertz CT molecular complexity index is 263. The number of carbonyl (C=O) groups is 1. The smallest absolute Gasteiger partial charge is 0.315 e. The highest BCUT2D eigenvalue weighted by molar-refractivity contribution is 5.75. The SMILES string of the molecule is CCC(C)(CCO)NC(=O)NC1CCC(C)CC1. The number of nitrogens with one attached hydrogen (secondary N) is 2. The lowest BCUT2D eigenvalue weighted by molar-refractivity contribution is 0.194. The van der Waals surface area contributed by atoms with Gasteiger partial charge in [0.15, 0.2) is 0 Å². The second-order valence-electron chi connectivity index (χ2n) is 5.94. The summed E-state index contributed by atoms with van der Waals surface area (Å²) in [5.41, 5.74) is -0.305. The van der Waals surface area contributed by atoms with Gasteiger partial charge in [-0.3, -0.25) is 0 Å². The van der Waals surface area contributed by atoms with Gasteiger partial charge in [-0.1, -0.05) is 13.8 Å². The minimum atomic E-state index is -0.305. The van der Waals surface area contributed by atoms with Crippen LogP contribution in [0.1, 0.15) is 59.3 Å². The van der Waals surface area contributed by atoms with E-state index in [9.17, 15) is 4.79 Å². The Morgan fingerprint density at radius 3 is 2.44 bits per heavy atom. The van der Waals surface area contributed by atoms with E-state index in [0.717, 1.165) is 25.2 Å². The highest BCUT2D eigenvalue weighted by Gasteiger charge is 2.25. The van der Waals surface area contributed by atoms with Crippen molar-refractivity contribution >= 4 is 6.03 Å². The van der Waals surface area contributed by atoms with Crippen LogP contribution < -0.4 is 10.6 Å². The second kappa shape index (κ2) is 6.98. The van der Waals surface area contributed by atoms with Crippen molar-refractivity contribution in [3.63, 3.8) is 0 Å². The molecule has 1 atom stereocenters. The first-order valence-electron chi connectivity index (χ1n) is 7.18. The molecule has 1 unspecified atom stereocenters. The first-order chi connectivity index (χ1) is 8.49. The summed E-state index contributed by atoms with van der Waals surface area (Å²) in [4.78, 5) is 11.9. The van der Waals surface area contributed by atoms with Gasteiger partial charge in [0, 0.05) is 18.2 Å².